The van der Waals surface area contributed by atoms with Crippen LogP contribution in [0.15, 0.2) is 53.5 Å². The van der Waals surface area contributed by atoms with Crippen molar-refractivity contribution in [3.05, 3.63) is 66.1 Å². The molecule has 0 saturated heterocycles. The lowest BCUT2D eigenvalue weighted by Crippen LogP contribution is -2.23. The standard InChI is InChI=1S/C22H21N9O2/c1-13-9-24-22(28-17-7-8-25-30(17)2)29-18(13)16-12-33-21(27-16)20(32)23-10-14-5-4-6-15-11-26-31(3)19(14)15/h4-9,11-12H,10H2,1-3H3,(H,23,32)(H,24,28,29). The highest BCUT2D eigenvalue weighted by Gasteiger charge is 2.18. The topological polar surface area (TPSA) is 129 Å². The van der Waals surface area contributed by atoms with Crippen LogP contribution in [0.25, 0.3) is 22.3 Å². The number of para-hydroxylation sites is 1. The van der Waals surface area contributed by atoms with Crippen molar-refractivity contribution in [3.63, 3.8) is 0 Å². The molecular weight excluding hydrogens is 422 g/mol. The molecule has 5 rings (SSSR count). The Morgan fingerprint density at radius 1 is 1.09 bits per heavy atom. The molecule has 0 aliphatic heterocycles. The second-order valence-corrected chi connectivity index (χ2v) is 7.53. The van der Waals surface area contributed by atoms with Gasteiger partial charge in [-0.3, -0.25) is 14.2 Å². The molecule has 0 aliphatic rings. The molecule has 1 amide bonds. The van der Waals surface area contributed by atoms with E-state index >= 15 is 0 Å². The predicted molar refractivity (Wildman–Crippen MR) is 121 cm³/mol. The smallest absolute Gasteiger partial charge is 0.307 e. The molecule has 0 spiro atoms. The van der Waals surface area contributed by atoms with E-state index in [9.17, 15) is 4.79 Å². The molecule has 1 aromatic carbocycles. The Hall–Kier alpha value is -4.54. The number of amides is 1. The van der Waals surface area contributed by atoms with Crippen molar-refractivity contribution in [1.29, 1.82) is 0 Å². The first-order chi connectivity index (χ1) is 16.0. The van der Waals surface area contributed by atoms with Crippen LogP contribution in [0.3, 0.4) is 0 Å². The van der Waals surface area contributed by atoms with E-state index in [4.69, 9.17) is 4.42 Å². The first-order valence-electron chi connectivity index (χ1n) is 10.2. The Balaban J connectivity index is 1.33. The van der Waals surface area contributed by atoms with Gasteiger partial charge < -0.3 is 15.1 Å². The summed E-state index contributed by atoms with van der Waals surface area (Å²) in [5.74, 6) is 0.674. The van der Waals surface area contributed by atoms with Crippen LogP contribution in [-0.2, 0) is 20.6 Å². The van der Waals surface area contributed by atoms with Gasteiger partial charge in [0.15, 0.2) is 0 Å². The van der Waals surface area contributed by atoms with Crippen LogP contribution in [0, 0.1) is 6.92 Å². The minimum atomic E-state index is -0.416. The average Bonchev–Trinajstić information content (AvgIpc) is 3.55. The quantitative estimate of drug-likeness (QED) is 0.410. The molecule has 0 aliphatic carbocycles. The second kappa shape index (κ2) is 8.19. The largest absolute Gasteiger partial charge is 0.440 e. The number of nitrogens with zero attached hydrogens (tertiary/aromatic N) is 7. The van der Waals surface area contributed by atoms with E-state index in [0.717, 1.165) is 27.8 Å². The highest BCUT2D eigenvalue weighted by Crippen LogP contribution is 2.23. The van der Waals surface area contributed by atoms with Crippen molar-refractivity contribution in [1.82, 2.24) is 39.8 Å². The summed E-state index contributed by atoms with van der Waals surface area (Å²) in [6, 6.07) is 7.68. The number of carbonyl (C=O) groups excluding carboxylic acids is 1. The Labute approximate surface area is 188 Å². The molecule has 4 aromatic heterocycles. The van der Waals surface area contributed by atoms with Crippen LogP contribution in [-0.4, -0.2) is 40.4 Å². The summed E-state index contributed by atoms with van der Waals surface area (Å²) in [6.07, 6.45) is 6.57. The number of nitrogens with one attached hydrogen (secondary N) is 2. The summed E-state index contributed by atoms with van der Waals surface area (Å²) < 4.78 is 8.91. The number of carbonyl (C=O) groups is 1. The number of hydrogen-bond acceptors (Lipinski definition) is 8. The van der Waals surface area contributed by atoms with Crippen LogP contribution >= 0.6 is 0 Å². The van der Waals surface area contributed by atoms with Gasteiger partial charge in [-0.05, 0) is 18.1 Å². The van der Waals surface area contributed by atoms with Crippen molar-refractivity contribution < 1.29 is 9.21 Å². The van der Waals surface area contributed by atoms with Gasteiger partial charge in [-0.15, -0.1) is 0 Å². The van der Waals surface area contributed by atoms with Gasteiger partial charge >= 0.3 is 5.91 Å². The molecule has 11 heteroatoms. The van der Waals surface area contributed by atoms with E-state index in [1.54, 1.807) is 28.0 Å². The SMILES string of the molecule is Cc1cnc(Nc2ccnn2C)nc1-c1coc(C(=O)NCc2cccc3cnn(C)c23)n1. The zero-order chi connectivity index (χ0) is 22.9. The Morgan fingerprint density at radius 3 is 2.79 bits per heavy atom. The van der Waals surface area contributed by atoms with Gasteiger partial charge in [-0.2, -0.15) is 10.2 Å². The van der Waals surface area contributed by atoms with Crippen LogP contribution in [0.4, 0.5) is 11.8 Å². The summed E-state index contributed by atoms with van der Waals surface area (Å²) in [5.41, 5.74) is 3.73. The first-order valence-corrected chi connectivity index (χ1v) is 10.2. The molecule has 0 saturated carbocycles. The van der Waals surface area contributed by atoms with E-state index < -0.39 is 5.91 Å². The number of aromatic nitrogens is 7. The van der Waals surface area contributed by atoms with Crippen LogP contribution in [0.1, 0.15) is 21.8 Å². The Morgan fingerprint density at radius 2 is 1.97 bits per heavy atom. The summed E-state index contributed by atoms with van der Waals surface area (Å²) >= 11 is 0. The summed E-state index contributed by atoms with van der Waals surface area (Å²) in [5, 5.41) is 15.4. The molecule has 0 bridgehead atoms. The van der Waals surface area contributed by atoms with Gasteiger partial charge in [0.25, 0.3) is 5.89 Å². The molecule has 166 valence electrons. The van der Waals surface area contributed by atoms with Gasteiger partial charge in [0, 0.05) is 38.3 Å². The van der Waals surface area contributed by atoms with E-state index in [1.807, 2.05) is 45.3 Å². The third-order valence-electron chi connectivity index (χ3n) is 5.26. The number of hydrogen-bond donors (Lipinski definition) is 2. The van der Waals surface area contributed by atoms with Crippen LogP contribution in [0.2, 0.25) is 0 Å². The first kappa shape index (κ1) is 20.4. The van der Waals surface area contributed by atoms with Crippen molar-refractivity contribution in [2.75, 3.05) is 5.32 Å². The molecular formula is C22H21N9O2. The number of anilines is 2. The molecule has 4 heterocycles. The minimum absolute atomic E-state index is 0.0404. The highest BCUT2D eigenvalue weighted by atomic mass is 16.4. The van der Waals surface area contributed by atoms with Crippen LogP contribution in [0.5, 0.6) is 0 Å². The normalized spacial score (nSPS) is 11.1. The van der Waals surface area contributed by atoms with Crippen LogP contribution < -0.4 is 10.6 Å². The fraction of sp³-hybridized carbons (Fsp3) is 0.182. The summed E-state index contributed by atoms with van der Waals surface area (Å²) in [6.45, 7) is 2.19. The average molecular weight is 443 g/mol. The molecule has 0 fully saturated rings. The van der Waals surface area contributed by atoms with E-state index in [1.165, 1.54) is 6.26 Å². The van der Waals surface area contributed by atoms with Crippen molar-refractivity contribution in [3.8, 4) is 11.4 Å². The zero-order valence-corrected chi connectivity index (χ0v) is 18.3. The lowest BCUT2D eigenvalue weighted by atomic mass is 10.1. The number of oxazole rings is 1. The molecule has 0 radical (unpaired) electrons. The highest BCUT2D eigenvalue weighted by molar-refractivity contribution is 5.90. The lowest BCUT2D eigenvalue weighted by molar-refractivity contribution is 0.0916. The van der Waals surface area contributed by atoms with Gasteiger partial charge in [0.2, 0.25) is 5.95 Å². The number of fused-ring (bicyclic) bond motifs is 1. The maximum atomic E-state index is 12.7. The minimum Gasteiger partial charge on any atom is -0.440 e. The zero-order valence-electron chi connectivity index (χ0n) is 18.3. The molecule has 2 N–H and O–H groups in total. The predicted octanol–water partition coefficient (Wildman–Crippen LogP) is 2.73. The fourth-order valence-corrected chi connectivity index (χ4v) is 3.57. The van der Waals surface area contributed by atoms with E-state index in [0.29, 0.717) is 23.9 Å². The van der Waals surface area contributed by atoms with E-state index in [2.05, 4.69) is 35.8 Å². The number of benzene rings is 1. The molecule has 11 nitrogen and oxygen atoms in total. The Kier molecular flexibility index (Phi) is 5.05. The maximum absolute atomic E-state index is 12.7. The number of rotatable bonds is 6. The molecule has 0 atom stereocenters. The maximum Gasteiger partial charge on any atom is 0.307 e. The summed E-state index contributed by atoms with van der Waals surface area (Å²) in [4.78, 5) is 25.9. The number of aryl methyl sites for hydroxylation is 3. The second-order valence-electron chi connectivity index (χ2n) is 7.53. The van der Waals surface area contributed by atoms with Crippen molar-refractivity contribution in [2.24, 2.45) is 14.1 Å². The van der Waals surface area contributed by atoms with Gasteiger partial charge in [0.05, 0.1) is 17.9 Å². The van der Waals surface area contributed by atoms with Crippen molar-refractivity contribution in [2.45, 2.75) is 13.5 Å². The van der Waals surface area contributed by atoms with E-state index in [-0.39, 0.29) is 5.89 Å². The molecule has 33 heavy (non-hydrogen) atoms. The molecule has 0 unspecified atom stereocenters. The van der Waals surface area contributed by atoms with Crippen molar-refractivity contribution >= 4 is 28.6 Å². The summed E-state index contributed by atoms with van der Waals surface area (Å²) in [7, 11) is 3.68. The van der Waals surface area contributed by atoms with Gasteiger partial charge in [0.1, 0.15) is 23.5 Å². The third-order valence-corrected chi connectivity index (χ3v) is 5.26. The lowest BCUT2D eigenvalue weighted by Gasteiger charge is -2.07. The third kappa shape index (κ3) is 3.91. The van der Waals surface area contributed by atoms with Gasteiger partial charge in [-0.1, -0.05) is 18.2 Å². The Bertz CT molecular complexity index is 1460. The fourth-order valence-electron chi connectivity index (χ4n) is 3.57. The molecule has 5 aromatic rings. The van der Waals surface area contributed by atoms with Gasteiger partial charge in [-0.25, -0.2) is 15.0 Å². The monoisotopic (exact) mass is 443 g/mol.